The Morgan fingerprint density at radius 2 is 1.91 bits per heavy atom. The maximum absolute atomic E-state index is 12.9. The Kier molecular flexibility index (Phi) is 4.32. The molecule has 0 bridgehead atoms. The Morgan fingerprint density at radius 1 is 1.22 bits per heavy atom. The van der Waals surface area contributed by atoms with Crippen molar-refractivity contribution in [2.45, 2.75) is 6.10 Å². The molecule has 2 aromatic carbocycles. The van der Waals surface area contributed by atoms with Crippen LogP contribution in [0.4, 0.5) is 14.9 Å². The smallest absolute Gasteiger partial charge is 0.321 e. The van der Waals surface area contributed by atoms with E-state index in [9.17, 15) is 9.18 Å². The summed E-state index contributed by atoms with van der Waals surface area (Å²) in [6.45, 7) is 0.756. The maximum Gasteiger partial charge on any atom is 0.321 e. The van der Waals surface area contributed by atoms with Crippen LogP contribution in [0.1, 0.15) is 0 Å². The Morgan fingerprint density at radius 3 is 2.65 bits per heavy atom. The third kappa shape index (κ3) is 3.71. The molecule has 0 unspecified atom stereocenters. The van der Waals surface area contributed by atoms with Gasteiger partial charge in [0.15, 0.2) is 17.6 Å². The van der Waals surface area contributed by atoms with Gasteiger partial charge in [0.2, 0.25) is 0 Å². The number of hydrogen-bond donors (Lipinski definition) is 1. The van der Waals surface area contributed by atoms with Gasteiger partial charge in [-0.3, -0.25) is 0 Å². The summed E-state index contributed by atoms with van der Waals surface area (Å²) in [7, 11) is 1.67. The summed E-state index contributed by atoms with van der Waals surface area (Å²) in [5, 5.41) is 2.70. The van der Waals surface area contributed by atoms with E-state index in [1.54, 1.807) is 7.05 Å². The molecule has 0 fully saturated rings. The summed E-state index contributed by atoms with van der Waals surface area (Å²) < 4.78 is 24.3. The lowest BCUT2D eigenvalue weighted by Crippen LogP contribution is -2.43. The molecule has 2 amide bonds. The van der Waals surface area contributed by atoms with Crippen molar-refractivity contribution < 1.29 is 18.7 Å². The summed E-state index contributed by atoms with van der Waals surface area (Å²) in [5.74, 6) is 1.04. The molecule has 1 aliphatic heterocycles. The minimum absolute atomic E-state index is 0.242. The number of ether oxygens (including phenoxy) is 2. The van der Waals surface area contributed by atoms with E-state index in [0.29, 0.717) is 30.3 Å². The monoisotopic (exact) mass is 316 g/mol. The largest absolute Gasteiger partial charge is 0.486 e. The molecule has 0 spiro atoms. The van der Waals surface area contributed by atoms with Crippen molar-refractivity contribution in [2.24, 2.45) is 0 Å². The summed E-state index contributed by atoms with van der Waals surface area (Å²) >= 11 is 0. The van der Waals surface area contributed by atoms with Gasteiger partial charge in [-0.15, -0.1) is 0 Å². The predicted octanol–water partition coefficient (Wildman–Crippen LogP) is 3.13. The van der Waals surface area contributed by atoms with Gasteiger partial charge in [-0.05, 0) is 36.4 Å². The molecule has 1 N–H and O–H groups in total. The average Bonchev–Trinajstić information content (AvgIpc) is 2.56. The molecule has 6 heteroatoms. The number of carbonyl (C=O) groups is 1. The van der Waals surface area contributed by atoms with Crippen LogP contribution in [0.5, 0.6) is 11.5 Å². The highest BCUT2D eigenvalue weighted by Gasteiger charge is 2.23. The van der Waals surface area contributed by atoms with Crippen molar-refractivity contribution in [1.29, 1.82) is 0 Å². The van der Waals surface area contributed by atoms with Gasteiger partial charge in [-0.1, -0.05) is 12.1 Å². The standard InChI is InChI=1S/C17H17FN2O3/c1-20(17(21)19-13-8-6-12(18)7-9-13)10-14-11-22-15-4-2-3-5-16(15)23-14/h2-9,14H,10-11H2,1H3,(H,19,21)/t14-/m1/s1. The second-order valence-electron chi connectivity index (χ2n) is 5.32. The zero-order chi connectivity index (χ0) is 16.2. The third-order valence-electron chi connectivity index (χ3n) is 3.49. The number of anilines is 1. The molecule has 0 saturated carbocycles. The number of carbonyl (C=O) groups excluding carboxylic acids is 1. The maximum atomic E-state index is 12.9. The molecule has 1 atom stereocenters. The van der Waals surface area contributed by atoms with Crippen LogP contribution in [0.2, 0.25) is 0 Å². The van der Waals surface area contributed by atoms with E-state index in [1.165, 1.54) is 29.2 Å². The van der Waals surface area contributed by atoms with Crippen LogP contribution < -0.4 is 14.8 Å². The highest BCUT2D eigenvalue weighted by molar-refractivity contribution is 5.89. The van der Waals surface area contributed by atoms with Gasteiger partial charge < -0.3 is 19.7 Å². The molecule has 2 aromatic rings. The topological polar surface area (TPSA) is 50.8 Å². The first-order valence-electron chi connectivity index (χ1n) is 7.28. The second-order valence-corrected chi connectivity index (χ2v) is 5.32. The molecule has 120 valence electrons. The Hall–Kier alpha value is -2.76. The van der Waals surface area contributed by atoms with Gasteiger partial charge in [-0.25, -0.2) is 9.18 Å². The average molecular weight is 316 g/mol. The van der Waals surface area contributed by atoms with E-state index in [-0.39, 0.29) is 18.0 Å². The van der Waals surface area contributed by atoms with E-state index < -0.39 is 0 Å². The highest BCUT2D eigenvalue weighted by Crippen LogP contribution is 2.30. The normalized spacial score (nSPS) is 15.8. The molecule has 23 heavy (non-hydrogen) atoms. The molecule has 1 aliphatic rings. The van der Waals surface area contributed by atoms with Gasteiger partial charge in [0.25, 0.3) is 0 Å². The zero-order valence-corrected chi connectivity index (χ0v) is 12.7. The van der Waals surface area contributed by atoms with Crippen LogP contribution in [-0.4, -0.2) is 37.2 Å². The summed E-state index contributed by atoms with van der Waals surface area (Å²) in [5.41, 5.74) is 0.536. The number of fused-ring (bicyclic) bond motifs is 1. The predicted molar refractivity (Wildman–Crippen MR) is 84.4 cm³/mol. The van der Waals surface area contributed by atoms with Crippen LogP contribution in [-0.2, 0) is 0 Å². The fourth-order valence-corrected chi connectivity index (χ4v) is 2.29. The van der Waals surface area contributed by atoms with E-state index in [0.717, 1.165) is 0 Å². The number of para-hydroxylation sites is 2. The zero-order valence-electron chi connectivity index (χ0n) is 12.7. The summed E-state index contributed by atoms with van der Waals surface area (Å²) in [6, 6.07) is 12.8. The third-order valence-corrected chi connectivity index (χ3v) is 3.49. The van der Waals surface area contributed by atoms with Crippen molar-refractivity contribution in [1.82, 2.24) is 4.90 Å². The minimum atomic E-state index is -0.345. The summed E-state index contributed by atoms with van der Waals surface area (Å²) in [4.78, 5) is 13.6. The van der Waals surface area contributed by atoms with Crippen molar-refractivity contribution in [2.75, 3.05) is 25.5 Å². The van der Waals surface area contributed by atoms with Crippen molar-refractivity contribution in [3.63, 3.8) is 0 Å². The molecule has 0 radical (unpaired) electrons. The molecule has 0 aromatic heterocycles. The number of rotatable bonds is 3. The molecule has 1 heterocycles. The van der Waals surface area contributed by atoms with E-state index in [4.69, 9.17) is 9.47 Å². The highest BCUT2D eigenvalue weighted by atomic mass is 19.1. The van der Waals surface area contributed by atoms with E-state index >= 15 is 0 Å². The van der Waals surface area contributed by atoms with Gasteiger partial charge in [-0.2, -0.15) is 0 Å². The van der Waals surface area contributed by atoms with Gasteiger partial charge >= 0.3 is 6.03 Å². The van der Waals surface area contributed by atoms with Gasteiger partial charge in [0.1, 0.15) is 12.4 Å². The number of hydrogen-bond acceptors (Lipinski definition) is 3. The van der Waals surface area contributed by atoms with Crippen LogP contribution in [0.25, 0.3) is 0 Å². The molecule has 0 aliphatic carbocycles. The van der Waals surface area contributed by atoms with E-state index in [1.807, 2.05) is 24.3 Å². The number of benzene rings is 2. The van der Waals surface area contributed by atoms with Crippen LogP contribution in [0.3, 0.4) is 0 Å². The van der Waals surface area contributed by atoms with Crippen molar-refractivity contribution in [3.8, 4) is 11.5 Å². The SMILES string of the molecule is CN(C[C@@H]1COc2ccccc2O1)C(=O)Nc1ccc(F)cc1. The quantitative estimate of drug-likeness (QED) is 0.946. The van der Waals surface area contributed by atoms with Gasteiger partial charge in [0, 0.05) is 12.7 Å². The number of likely N-dealkylation sites (N-methyl/N-ethyl adjacent to an activating group) is 1. The molecule has 5 nitrogen and oxygen atoms in total. The molecular weight excluding hydrogens is 299 g/mol. The lowest BCUT2D eigenvalue weighted by Gasteiger charge is -2.29. The number of urea groups is 1. The minimum Gasteiger partial charge on any atom is -0.486 e. The number of nitrogens with zero attached hydrogens (tertiary/aromatic N) is 1. The van der Waals surface area contributed by atoms with Crippen LogP contribution in [0.15, 0.2) is 48.5 Å². The number of nitrogens with one attached hydrogen (secondary N) is 1. The lowest BCUT2D eigenvalue weighted by atomic mass is 10.2. The first kappa shape index (κ1) is 15.1. The Balaban J connectivity index is 1.56. The fraction of sp³-hybridized carbons (Fsp3) is 0.235. The number of halogens is 1. The first-order valence-corrected chi connectivity index (χ1v) is 7.28. The van der Waals surface area contributed by atoms with Gasteiger partial charge in [0.05, 0.1) is 6.54 Å². The molecule has 0 saturated heterocycles. The van der Waals surface area contributed by atoms with Crippen LogP contribution in [0, 0.1) is 5.82 Å². The Bertz CT molecular complexity index is 690. The Labute approximate surface area is 133 Å². The van der Waals surface area contributed by atoms with Crippen LogP contribution >= 0.6 is 0 Å². The lowest BCUT2D eigenvalue weighted by molar-refractivity contribution is 0.0731. The first-order chi connectivity index (χ1) is 11.1. The fourth-order valence-electron chi connectivity index (χ4n) is 2.29. The molecular formula is C17H17FN2O3. The van der Waals surface area contributed by atoms with Crippen molar-refractivity contribution >= 4 is 11.7 Å². The van der Waals surface area contributed by atoms with Crippen molar-refractivity contribution in [3.05, 3.63) is 54.3 Å². The molecule has 3 rings (SSSR count). The summed E-state index contributed by atoms with van der Waals surface area (Å²) in [6.07, 6.45) is -0.242. The number of amides is 2. The van der Waals surface area contributed by atoms with E-state index in [2.05, 4.69) is 5.32 Å². The second kappa shape index (κ2) is 6.56.